The summed E-state index contributed by atoms with van der Waals surface area (Å²) in [6, 6.07) is 3.92. The molecule has 0 saturated heterocycles. The Bertz CT molecular complexity index is 467. The highest BCUT2D eigenvalue weighted by atomic mass is 19.4. The summed E-state index contributed by atoms with van der Waals surface area (Å²) in [7, 11) is 0. The maximum absolute atomic E-state index is 13.0. The van der Waals surface area contributed by atoms with Gasteiger partial charge in [0.05, 0.1) is 5.56 Å². The van der Waals surface area contributed by atoms with E-state index in [9.17, 15) is 18.0 Å². The Hall–Kier alpha value is -1.52. The van der Waals surface area contributed by atoms with Gasteiger partial charge in [-0.2, -0.15) is 13.2 Å². The molecule has 1 aromatic carbocycles. The number of halogens is 3. The Morgan fingerprint density at radius 1 is 1.19 bits per heavy atom. The van der Waals surface area contributed by atoms with E-state index in [1.807, 2.05) is 11.8 Å². The first-order valence-corrected chi connectivity index (χ1v) is 7.28. The summed E-state index contributed by atoms with van der Waals surface area (Å²) in [4.78, 5) is 12.7. The van der Waals surface area contributed by atoms with Gasteiger partial charge in [-0.15, -0.1) is 0 Å². The molecule has 0 atom stereocenters. The molecule has 0 aliphatic heterocycles. The first kappa shape index (κ1) is 17.5. The second kappa shape index (κ2) is 7.48. The molecule has 2 nitrogen and oxygen atoms in total. The predicted molar refractivity (Wildman–Crippen MR) is 78.8 cm³/mol. The van der Waals surface area contributed by atoms with Crippen LogP contribution in [0.4, 0.5) is 18.9 Å². The molecule has 1 aromatic rings. The number of benzene rings is 1. The minimum atomic E-state index is -4.51. The van der Waals surface area contributed by atoms with Gasteiger partial charge in [0.2, 0.25) is 0 Å². The molecule has 0 aliphatic carbocycles. The molecule has 0 aromatic heterocycles. The molecular formula is C16H22F3NO. The van der Waals surface area contributed by atoms with Gasteiger partial charge in [0.25, 0.3) is 0 Å². The van der Waals surface area contributed by atoms with Gasteiger partial charge < -0.3 is 4.90 Å². The van der Waals surface area contributed by atoms with Crippen molar-refractivity contribution in [2.75, 3.05) is 18.0 Å². The molecule has 0 bridgehead atoms. The van der Waals surface area contributed by atoms with Gasteiger partial charge in [0, 0.05) is 24.3 Å². The zero-order valence-electron chi connectivity index (χ0n) is 12.7. The zero-order chi connectivity index (χ0) is 16.0. The Morgan fingerprint density at radius 2 is 1.81 bits per heavy atom. The van der Waals surface area contributed by atoms with Crippen molar-refractivity contribution in [3.63, 3.8) is 0 Å². The number of nitrogens with zero attached hydrogens (tertiary/aromatic N) is 1. The van der Waals surface area contributed by atoms with Gasteiger partial charge >= 0.3 is 6.18 Å². The molecule has 0 radical (unpaired) electrons. The minimum Gasteiger partial charge on any atom is -0.372 e. The number of hydrogen-bond acceptors (Lipinski definition) is 2. The third-order valence-electron chi connectivity index (χ3n) is 3.85. The fraction of sp³-hybridized carbons (Fsp3) is 0.562. The average Bonchev–Trinajstić information content (AvgIpc) is 2.47. The molecule has 5 heteroatoms. The van der Waals surface area contributed by atoms with Crippen molar-refractivity contribution >= 4 is 12.0 Å². The molecule has 0 N–H and O–H groups in total. The number of carbonyl (C=O) groups is 1. The van der Waals surface area contributed by atoms with Crippen LogP contribution in [0.25, 0.3) is 0 Å². The molecule has 21 heavy (non-hydrogen) atoms. The van der Waals surface area contributed by atoms with E-state index in [0.29, 0.717) is 18.2 Å². The van der Waals surface area contributed by atoms with E-state index in [1.165, 1.54) is 6.07 Å². The molecule has 0 heterocycles. The summed E-state index contributed by atoms with van der Waals surface area (Å²) in [6.45, 7) is 7.44. The maximum Gasteiger partial charge on any atom is 0.417 e. The van der Waals surface area contributed by atoms with E-state index in [2.05, 4.69) is 13.8 Å². The van der Waals surface area contributed by atoms with Crippen LogP contribution in [0.1, 0.15) is 49.5 Å². The highest BCUT2D eigenvalue weighted by Crippen LogP contribution is 2.34. The van der Waals surface area contributed by atoms with Gasteiger partial charge in [0.15, 0.2) is 6.29 Å². The van der Waals surface area contributed by atoms with Gasteiger partial charge in [-0.3, -0.25) is 4.79 Å². The lowest BCUT2D eigenvalue weighted by molar-refractivity contribution is -0.137. The second-order valence-electron chi connectivity index (χ2n) is 5.11. The second-order valence-corrected chi connectivity index (χ2v) is 5.11. The lowest BCUT2D eigenvalue weighted by Crippen LogP contribution is -2.29. The summed E-state index contributed by atoms with van der Waals surface area (Å²) in [5.74, 6) is 0.449. The van der Waals surface area contributed by atoms with E-state index in [-0.39, 0.29) is 11.8 Å². The van der Waals surface area contributed by atoms with Crippen LogP contribution in [0.2, 0.25) is 0 Å². The quantitative estimate of drug-likeness (QED) is 0.675. The first-order chi connectivity index (χ1) is 9.87. The van der Waals surface area contributed by atoms with Crippen LogP contribution in [0, 0.1) is 5.92 Å². The van der Waals surface area contributed by atoms with Crippen molar-refractivity contribution in [3.8, 4) is 0 Å². The zero-order valence-corrected chi connectivity index (χ0v) is 12.7. The summed E-state index contributed by atoms with van der Waals surface area (Å²) in [6.07, 6.45) is -2.28. The molecule has 0 unspecified atom stereocenters. The van der Waals surface area contributed by atoms with Crippen LogP contribution in [0.5, 0.6) is 0 Å². The van der Waals surface area contributed by atoms with E-state index in [0.717, 1.165) is 25.5 Å². The van der Waals surface area contributed by atoms with Crippen LogP contribution in [-0.4, -0.2) is 19.4 Å². The van der Waals surface area contributed by atoms with Crippen LogP contribution >= 0.6 is 0 Å². The van der Waals surface area contributed by atoms with Crippen LogP contribution in [-0.2, 0) is 6.18 Å². The topological polar surface area (TPSA) is 20.3 Å². The van der Waals surface area contributed by atoms with Crippen molar-refractivity contribution in [2.24, 2.45) is 5.92 Å². The largest absolute Gasteiger partial charge is 0.417 e. The lowest BCUT2D eigenvalue weighted by Gasteiger charge is -2.28. The number of carbonyl (C=O) groups excluding carboxylic acids is 1. The van der Waals surface area contributed by atoms with Gasteiger partial charge in [-0.25, -0.2) is 0 Å². The van der Waals surface area contributed by atoms with Crippen LogP contribution in [0.15, 0.2) is 18.2 Å². The van der Waals surface area contributed by atoms with Crippen LogP contribution in [0.3, 0.4) is 0 Å². The number of anilines is 1. The molecule has 118 valence electrons. The van der Waals surface area contributed by atoms with Crippen molar-refractivity contribution < 1.29 is 18.0 Å². The Labute approximate surface area is 123 Å². The SMILES string of the molecule is CCC(CC)CN(CC)c1ccc(C=O)c(C(F)(F)F)c1. The first-order valence-electron chi connectivity index (χ1n) is 7.28. The molecule has 0 fully saturated rings. The normalized spacial score (nSPS) is 11.8. The summed E-state index contributed by atoms with van der Waals surface area (Å²) in [5, 5.41) is 0. The fourth-order valence-electron chi connectivity index (χ4n) is 2.36. The monoisotopic (exact) mass is 301 g/mol. The van der Waals surface area contributed by atoms with Gasteiger partial charge in [0.1, 0.15) is 0 Å². The third kappa shape index (κ3) is 4.48. The smallest absolute Gasteiger partial charge is 0.372 e. The minimum absolute atomic E-state index is 0.254. The summed E-state index contributed by atoms with van der Waals surface area (Å²) < 4.78 is 39.0. The average molecular weight is 301 g/mol. The Balaban J connectivity index is 3.14. The standard InChI is InChI=1S/C16H22F3NO/c1-4-12(5-2)10-20(6-3)14-8-7-13(11-21)15(9-14)16(17,18)19/h7-9,11-12H,4-6,10H2,1-3H3. The highest BCUT2D eigenvalue weighted by molar-refractivity contribution is 5.79. The predicted octanol–water partition coefficient (Wildman–Crippen LogP) is 4.78. The molecule has 0 aliphatic rings. The third-order valence-corrected chi connectivity index (χ3v) is 3.85. The number of rotatable bonds is 7. The fourth-order valence-corrected chi connectivity index (χ4v) is 2.36. The summed E-state index contributed by atoms with van der Waals surface area (Å²) in [5.41, 5.74) is -0.662. The van der Waals surface area contributed by atoms with Crippen molar-refractivity contribution in [1.82, 2.24) is 0 Å². The van der Waals surface area contributed by atoms with Gasteiger partial charge in [-0.05, 0) is 31.0 Å². The lowest BCUT2D eigenvalue weighted by atomic mass is 10.0. The van der Waals surface area contributed by atoms with Gasteiger partial charge in [-0.1, -0.05) is 26.7 Å². The summed E-state index contributed by atoms with van der Waals surface area (Å²) >= 11 is 0. The molecule has 0 amide bonds. The molecule has 0 saturated carbocycles. The number of hydrogen-bond donors (Lipinski definition) is 0. The Kier molecular flexibility index (Phi) is 6.24. The molecular weight excluding hydrogens is 279 g/mol. The maximum atomic E-state index is 13.0. The van der Waals surface area contributed by atoms with Crippen molar-refractivity contribution in [3.05, 3.63) is 29.3 Å². The van der Waals surface area contributed by atoms with E-state index < -0.39 is 11.7 Å². The van der Waals surface area contributed by atoms with Crippen molar-refractivity contribution in [2.45, 2.75) is 39.8 Å². The van der Waals surface area contributed by atoms with E-state index >= 15 is 0 Å². The Morgan fingerprint density at radius 3 is 2.24 bits per heavy atom. The molecule has 1 rings (SSSR count). The number of alkyl halides is 3. The highest BCUT2D eigenvalue weighted by Gasteiger charge is 2.34. The molecule has 0 spiro atoms. The van der Waals surface area contributed by atoms with E-state index in [1.54, 1.807) is 6.07 Å². The number of aldehydes is 1. The van der Waals surface area contributed by atoms with Crippen LogP contribution < -0.4 is 4.90 Å². The van der Waals surface area contributed by atoms with Crippen molar-refractivity contribution in [1.29, 1.82) is 0 Å². The van der Waals surface area contributed by atoms with E-state index in [4.69, 9.17) is 0 Å².